The summed E-state index contributed by atoms with van der Waals surface area (Å²) in [5.41, 5.74) is 1.31. The molecule has 0 radical (unpaired) electrons. The number of halogens is 3. The number of carbonyl (C=O) groups is 1. The Hall–Kier alpha value is -2.71. The second-order valence-corrected chi connectivity index (χ2v) is 9.37. The molecule has 1 N–H and O–H groups in total. The molecule has 0 spiro atoms. The van der Waals surface area contributed by atoms with E-state index in [1.165, 1.54) is 11.8 Å². The van der Waals surface area contributed by atoms with Crippen molar-refractivity contribution in [1.82, 2.24) is 14.8 Å². The molecule has 34 heavy (non-hydrogen) atoms. The molecule has 4 aromatic rings. The van der Waals surface area contributed by atoms with Crippen molar-refractivity contribution in [1.29, 1.82) is 0 Å². The Morgan fingerprint density at radius 1 is 0.912 bits per heavy atom. The molecule has 1 aromatic heterocycles. The molecule has 1 amide bonds. The van der Waals surface area contributed by atoms with Crippen molar-refractivity contribution < 1.29 is 9.53 Å². The van der Waals surface area contributed by atoms with Crippen molar-refractivity contribution in [2.75, 3.05) is 11.1 Å². The predicted molar refractivity (Wildman–Crippen MR) is 138 cm³/mol. The van der Waals surface area contributed by atoms with Crippen LogP contribution in [0.1, 0.15) is 12.2 Å². The molecule has 10 heteroatoms. The summed E-state index contributed by atoms with van der Waals surface area (Å²) in [5, 5.41) is 13.5. The average Bonchev–Trinajstić information content (AvgIpc) is 3.24. The van der Waals surface area contributed by atoms with Crippen LogP contribution >= 0.6 is 46.6 Å². The van der Waals surface area contributed by atoms with Gasteiger partial charge < -0.3 is 10.1 Å². The fourth-order valence-electron chi connectivity index (χ4n) is 3.06. The number of benzene rings is 3. The van der Waals surface area contributed by atoms with Gasteiger partial charge in [-0.05, 0) is 48.5 Å². The third kappa shape index (κ3) is 6.24. The largest absolute Gasteiger partial charge is 0.486 e. The van der Waals surface area contributed by atoms with Crippen LogP contribution in [0, 0.1) is 0 Å². The van der Waals surface area contributed by atoms with E-state index in [-0.39, 0.29) is 18.9 Å². The number of thioether (sulfide) groups is 1. The van der Waals surface area contributed by atoms with E-state index in [4.69, 9.17) is 39.5 Å². The lowest BCUT2D eigenvalue weighted by Gasteiger charge is -2.11. The molecule has 0 atom stereocenters. The minimum absolute atomic E-state index is 0.195. The van der Waals surface area contributed by atoms with E-state index in [0.717, 1.165) is 5.69 Å². The first-order valence-corrected chi connectivity index (χ1v) is 12.4. The van der Waals surface area contributed by atoms with Gasteiger partial charge in [-0.3, -0.25) is 9.36 Å². The van der Waals surface area contributed by atoms with Gasteiger partial charge in [0, 0.05) is 22.9 Å². The Bertz CT molecular complexity index is 1250. The molecular weight excluding hydrogens is 515 g/mol. The van der Waals surface area contributed by atoms with Crippen LogP contribution in [0.4, 0.5) is 5.69 Å². The zero-order valence-corrected chi connectivity index (χ0v) is 20.8. The van der Waals surface area contributed by atoms with E-state index in [1.807, 2.05) is 34.9 Å². The molecule has 0 aliphatic heterocycles. The van der Waals surface area contributed by atoms with Crippen molar-refractivity contribution in [2.45, 2.75) is 18.2 Å². The highest BCUT2D eigenvalue weighted by Crippen LogP contribution is 2.30. The molecule has 0 aliphatic rings. The fraction of sp³-hybridized carbons (Fsp3) is 0.125. The molecule has 1 heterocycles. The maximum Gasteiger partial charge on any atom is 0.225 e. The Labute approximate surface area is 216 Å². The van der Waals surface area contributed by atoms with Crippen molar-refractivity contribution >= 4 is 58.2 Å². The summed E-state index contributed by atoms with van der Waals surface area (Å²) in [4.78, 5) is 12.4. The highest BCUT2D eigenvalue weighted by Gasteiger charge is 2.16. The fourth-order valence-corrected chi connectivity index (χ4v) is 4.58. The number of carbonyl (C=O) groups excluding carboxylic acids is 1. The van der Waals surface area contributed by atoms with Crippen LogP contribution < -0.4 is 10.1 Å². The number of ether oxygens (including phenoxy) is 1. The van der Waals surface area contributed by atoms with E-state index < -0.39 is 0 Å². The summed E-state index contributed by atoms with van der Waals surface area (Å²) in [5.74, 6) is 1.60. The third-order valence-corrected chi connectivity index (χ3v) is 6.50. The summed E-state index contributed by atoms with van der Waals surface area (Å²) in [7, 11) is 0. The molecule has 6 nitrogen and oxygen atoms in total. The standard InChI is InChI=1S/C24H19Cl3N4O2S/c25-16-9-11-18(12-10-16)33-15-21-29-30-24(31(21)17-5-2-1-3-6-17)34-14-13-22(32)28-23-19(26)7-4-8-20(23)27/h1-12H,13-15H2,(H,28,32). The summed E-state index contributed by atoms with van der Waals surface area (Å²) in [6.45, 7) is 0.218. The first-order chi connectivity index (χ1) is 16.5. The van der Waals surface area contributed by atoms with Gasteiger partial charge >= 0.3 is 0 Å². The van der Waals surface area contributed by atoms with E-state index in [2.05, 4.69) is 15.5 Å². The molecule has 0 aliphatic carbocycles. The number of amides is 1. The normalized spacial score (nSPS) is 10.8. The Balaban J connectivity index is 1.44. The van der Waals surface area contributed by atoms with Crippen molar-refractivity contribution in [2.24, 2.45) is 0 Å². The van der Waals surface area contributed by atoms with Gasteiger partial charge in [0.2, 0.25) is 5.91 Å². The van der Waals surface area contributed by atoms with Crippen molar-refractivity contribution in [3.05, 3.63) is 93.7 Å². The molecule has 4 rings (SSSR count). The van der Waals surface area contributed by atoms with Crippen molar-refractivity contribution in [3.8, 4) is 11.4 Å². The maximum absolute atomic E-state index is 12.4. The Morgan fingerprint density at radius 3 is 2.32 bits per heavy atom. The molecule has 3 aromatic carbocycles. The van der Waals surface area contributed by atoms with Gasteiger partial charge in [0.05, 0.1) is 15.7 Å². The number of nitrogens with one attached hydrogen (secondary N) is 1. The van der Waals surface area contributed by atoms with Crippen molar-refractivity contribution in [3.63, 3.8) is 0 Å². The van der Waals surface area contributed by atoms with Crippen LogP contribution in [0.25, 0.3) is 5.69 Å². The highest BCUT2D eigenvalue weighted by atomic mass is 35.5. The molecule has 0 saturated carbocycles. The molecule has 174 valence electrons. The first kappa shape index (κ1) is 24.4. The van der Waals surface area contributed by atoms with Gasteiger partial charge in [0.25, 0.3) is 0 Å². The number of para-hydroxylation sites is 2. The Morgan fingerprint density at radius 2 is 1.62 bits per heavy atom. The van der Waals surface area contributed by atoms with Crippen LogP contribution in [0.15, 0.2) is 78.0 Å². The van der Waals surface area contributed by atoms with Gasteiger partial charge in [-0.25, -0.2) is 0 Å². The van der Waals surface area contributed by atoms with Crippen LogP contribution in [0.5, 0.6) is 5.75 Å². The van der Waals surface area contributed by atoms with E-state index in [1.54, 1.807) is 42.5 Å². The lowest BCUT2D eigenvalue weighted by atomic mass is 10.3. The topological polar surface area (TPSA) is 69.0 Å². The zero-order valence-electron chi connectivity index (χ0n) is 17.7. The lowest BCUT2D eigenvalue weighted by Crippen LogP contribution is -2.13. The quantitative estimate of drug-likeness (QED) is 0.236. The molecular formula is C24H19Cl3N4O2S. The van der Waals surface area contributed by atoms with E-state index in [9.17, 15) is 4.79 Å². The summed E-state index contributed by atoms with van der Waals surface area (Å²) < 4.78 is 7.79. The average molecular weight is 534 g/mol. The SMILES string of the molecule is O=C(CCSc1nnc(COc2ccc(Cl)cc2)n1-c1ccccc1)Nc1c(Cl)cccc1Cl. The minimum Gasteiger partial charge on any atom is -0.486 e. The van der Waals surface area contributed by atoms with Gasteiger partial charge in [-0.15, -0.1) is 10.2 Å². The van der Waals surface area contributed by atoms with Gasteiger partial charge in [0.1, 0.15) is 12.4 Å². The number of aromatic nitrogens is 3. The van der Waals surface area contributed by atoms with Crippen LogP contribution in [-0.4, -0.2) is 26.4 Å². The summed E-state index contributed by atoms with van der Waals surface area (Å²) in [6.07, 6.45) is 0.241. The second-order valence-electron chi connectivity index (χ2n) is 7.06. The summed E-state index contributed by atoms with van der Waals surface area (Å²) >= 11 is 19.6. The van der Waals surface area contributed by atoms with Crippen LogP contribution in [0.3, 0.4) is 0 Å². The maximum atomic E-state index is 12.4. The first-order valence-electron chi connectivity index (χ1n) is 10.3. The number of anilines is 1. The predicted octanol–water partition coefficient (Wildman–Crippen LogP) is 6.93. The van der Waals surface area contributed by atoms with E-state index in [0.29, 0.717) is 43.2 Å². The molecule has 0 unspecified atom stereocenters. The van der Waals surface area contributed by atoms with Gasteiger partial charge in [0.15, 0.2) is 11.0 Å². The number of rotatable bonds is 9. The molecule has 0 saturated heterocycles. The zero-order chi connectivity index (χ0) is 23.9. The Kier molecular flexibility index (Phi) is 8.34. The highest BCUT2D eigenvalue weighted by molar-refractivity contribution is 7.99. The van der Waals surface area contributed by atoms with Gasteiger partial charge in [-0.2, -0.15) is 0 Å². The number of hydrogen-bond donors (Lipinski definition) is 1. The molecule has 0 fully saturated rings. The second kappa shape index (κ2) is 11.6. The molecule has 0 bridgehead atoms. The lowest BCUT2D eigenvalue weighted by molar-refractivity contribution is -0.115. The monoisotopic (exact) mass is 532 g/mol. The minimum atomic E-state index is -0.195. The van der Waals surface area contributed by atoms with Gasteiger partial charge in [-0.1, -0.05) is 70.8 Å². The number of hydrogen-bond acceptors (Lipinski definition) is 5. The van der Waals surface area contributed by atoms with Crippen LogP contribution in [-0.2, 0) is 11.4 Å². The van der Waals surface area contributed by atoms with Crippen LogP contribution in [0.2, 0.25) is 15.1 Å². The number of nitrogens with zero attached hydrogens (tertiary/aromatic N) is 3. The smallest absolute Gasteiger partial charge is 0.225 e. The van der Waals surface area contributed by atoms with E-state index >= 15 is 0 Å². The summed E-state index contributed by atoms with van der Waals surface area (Å²) in [6, 6.07) is 21.9. The third-order valence-electron chi connectivity index (χ3n) is 4.68.